The van der Waals surface area contributed by atoms with Gasteiger partial charge in [0.1, 0.15) is 5.01 Å². The van der Waals surface area contributed by atoms with Crippen LogP contribution in [-0.2, 0) is 26.0 Å². The van der Waals surface area contributed by atoms with Crippen LogP contribution in [0.4, 0.5) is 10.8 Å². The maximum atomic E-state index is 12.1. The van der Waals surface area contributed by atoms with Crippen molar-refractivity contribution in [1.29, 1.82) is 0 Å². The number of sulfonamides is 1. The van der Waals surface area contributed by atoms with Gasteiger partial charge in [0.15, 0.2) is 0 Å². The number of amides is 1. The molecule has 0 bridgehead atoms. The molecule has 1 amide bonds. The van der Waals surface area contributed by atoms with E-state index in [4.69, 9.17) is 4.74 Å². The van der Waals surface area contributed by atoms with Crippen LogP contribution in [0.15, 0.2) is 29.2 Å². The largest absolute Gasteiger partial charge is 0.381 e. The third-order valence-electron chi connectivity index (χ3n) is 3.38. The Labute approximate surface area is 165 Å². The van der Waals surface area contributed by atoms with E-state index in [1.54, 1.807) is 0 Å². The highest BCUT2D eigenvalue weighted by Gasteiger charge is 2.16. The summed E-state index contributed by atoms with van der Waals surface area (Å²) in [6, 6.07) is 4.46. The number of hydrogen-bond donors (Lipinski definition) is 2. The van der Waals surface area contributed by atoms with Crippen LogP contribution in [0, 0.1) is 10.1 Å². The van der Waals surface area contributed by atoms with E-state index in [1.165, 1.54) is 11.3 Å². The lowest BCUT2D eigenvalue weighted by molar-refractivity contribution is -0.384. The molecule has 1 aromatic carbocycles. The third kappa shape index (κ3) is 6.60. The molecule has 1 aromatic heterocycles. The van der Waals surface area contributed by atoms with Gasteiger partial charge in [0.25, 0.3) is 5.69 Å². The average molecular weight is 429 g/mol. The number of nitro benzene ring substituents is 1. The van der Waals surface area contributed by atoms with Gasteiger partial charge in [-0.25, -0.2) is 13.1 Å². The van der Waals surface area contributed by atoms with Gasteiger partial charge in [0.05, 0.1) is 16.4 Å². The minimum atomic E-state index is -3.87. The maximum absolute atomic E-state index is 12.1. The van der Waals surface area contributed by atoms with E-state index in [0.29, 0.717) is 24.8 Å². The molecule has 0 aliphatic carbocycles. The zero-order valence-electron chi connectivity index (χ0n) is 15.0. The van der Waals surface area contributed by atoms with E-state index in [2.05, 4.69) is 20.2 Å². The van der Waals surface area contributed by atoms with Crippen molar-refractivity contribution in [2.45, 2.75) is 24.7 Å². The summed E-state index contributed by atoms with van der Waals surface area (Å²) in [5.41, 5.74) is -0.212. The Bertz CT molecular complexity index is 913. The average Bonchev–Trinajstić information content (AvgIpc) is 3.09. The lowest BCUT2D eigenvalue weighted by Gasteiger charge is -2.06. The fraction of sp³-hybridized carbons (Fsp3) is 0.400. The maximum Gasteiger partial charge on any atom is 0.269 e. The Kier molecular flexibility index (Phi) is 7.92. The summed E-state index contributed by atoms with van der Waals surface area (Å²) in [5.74, 6) is -0.418. The van der Waals surface area contributed by atoms with Gasteiger partial charge in [0.2, 0.25) is 21.1 Å². The summed E-state index contributed by atoms with van der Waals surface area (Å²) in [6.45, 7) is 2.88. The van der Waals surface area contributed by atoms with Crippen molar-refractivity contribution in [3.63, 3.8) is 0 Å². The molecule has 28 heavy (non-hydrogen) atoms. The predicted molar refractivity (Wildman–Crippen MR) is 102 cm³/mol. The summed E-state index contributed by atoms with van der Waals surface area (Å²) in [7, 11) is -3.87. The molecule has 0 fully saturated rings. The van der Waals surface area contributed by atoms with E-state index >= 15 is 0 Å². The van der Waals surface area contributed by atoms with Crippen LogP contribution in [0.3, 0.4) is 0 Å². The van der Waals surface area contributed by atoms with Gasteiger partial charge >= 0.3 is 0 Å². The Balaban J connectivity index is 1.80. The van der Waals surface area contributed by atoms with Crippen LogP contribution >= 0.6 is 11.3 Å². The van der Waals surface area contributed by atoms with Gasteiger partial charge in [0, 0.05) is 38.1 Å². The van der Waals surface area contributed by atoms with Crippen LogP contribution in [-0.4, -0.2) is 49.2 Å². The second-order valence-electron chi connectivity index (χ2n) is 5.39. The molecular formula is C15H19N5O6S2. The molecule has 11 nitrogen and oxygen atoms in total. The zero-order valence-corrected chi connectivity index (χ0v) is 16.6. The van der Waals surface area contributed by atoms with Crippen LogP contribution in [0.5, 0.6) is 0 Å². The van der Waals surface area contributed by atoms with Crippen molar-refractivity contribution in [2.24, 2.45) is 0 Å². The van der Waals surface area contributed by atoms with Crippen LogP contribution < -0.4 is 10.0 Å². The minimum absolute atomic E-state index is 0.111. The molecule has 2 aromatic rings. The van der Waals surface area contributed by atoms with E-state index in [1.807, 2.05) is 6.92 Å². The summed E-state index contributed by atoms with van der Waals surface area (Å²) in [5, 5.41) is 22.0. The van der Waals surface area contributed by atoms with Crippen molar-refractivity contribution in [2.75, 3.05) is 25.1 Å². The number of nitrogens with one attached hydrogen (secondary N) is 2. The van der Waals surface area contributed by atoms with Crippen LogP contribution in [0.1, 0.15) is 18.4 Å². The molecule has 152 valence electrons. The first-order valence-corrected chi connectivity index (χ1v) is 10.6. The minimum Gasteiger partial charge on any atom is -0.381 e. The number of carbonyl (C=O) groups excluding carboxylic acids is 1. The molecule has 0 aliphatic rings. The number of nitrogens with zero attached hydrogens (tertiary/aromatic N) is 3. The normalized spacial score (nSPS) is 11.3. The smallest absolute Gasteiger partial charge is 0.269 e. The van der Waals surface area contributed by atoms with E-state index in [0.717, 1.165) is 29.3 Å². The first kappa shape index (κ1) is 21.8. The van der Waals surface area contributed by atoms with Gasteiger partial charge < -0.3 is 10.1 Å². The Hall–Kier alpha value is -2.48. The number of non-ortho nitro benzene ring substituents is 1. The zero-order chi connectivity index (χ0) is 20.6. The van der Waals surface area contributed by atoms with Crippen molar-refractivity contribution in [1.82, 2.24) is 14.9 Å². The second kappa shape index (κ2) is 10.2. The molecule has 0 aliphatic heterocycles. The Morgan fingerprint density at radius 3 is 2.64 bits per heavy atom. The number of benzene rings is 1. The lowest BCUT2D eigenvalue weighted by atomic mass is 10.3. The highest BCUT2D eigenvalue weighted by Crippen LogP contribution is 2.17. The van der Waals surface area contributed by atoms with Gasteiger partial charge in [-0.2, -0.15) is 0 Å². The number of anilines is 1. The predicted octanol–water partition coefficient (Wildman–Crippen LogP) is 1.33. The molecule has 0 spiro atoms. The first-order valence-electron chi connectivity index (χ1n) is 8.26. The first-order chi connectivity index (χ1) is 13.3. The van der Waals surface area contributed by atoms with Gasteiger partial charge in [-0.15, -0.1) is 10.2 Å². The molecular weight excluding hydrogens is 410 g/mol. The quantitative estimate of drug-likeness (QED) is 0.308. The summed E-state index contributed by atoms with van der Waals surface area (Å²) in [4.78, 5) is 21.8. The highest BCUT2D eigenvalue weighted by molar-refractivity contribution is 7.89. The standard InChI is InChI=1S/C15H19N5O6S2/c1-2-26-10-8-14-18-19-15(27-14)17-13(21)7-9-16-28(24,25)12-5-3-11(4-6-12)20(22)23/h3-6,16H,2,7-10H2,1H3,(H,17,19,21). The van der Waals surface area contributed by atoms with Crippen molar-refractivity contribution >= 4 is 38.1 Å². The fourth-order valence-electron chi connectivity index (χ4n) is 2.02. The Morgan fingerprint density at radius 2 is 2.00 bits per heavy atom. The third-order valence-corrected chi connectivity index (χ3v) is 5.75. The molecule has 0 saturated heterocycles. The number of hydrogen-bond acceptors (Lipinski definition) is 9. The summed E-state index contributed by atoms with van der Waals surface area (Å²) >= 11 is 1.22. The second-order valence-corrected chi connectivity index (χ2v) is 8.22. The van der Waals surface area contributed by atoms with E-state index < -0.39 is 20.9 Å². The molecule has 0 radical (unpaired) electrons. The highest BCUT2D eigenvalue weighted by atomic mass is 32.2. The summed E-state index contributed by atoms with van der Waals surface area (Å²) < 4.78 is 31.8. The van der Waals surface area contributed by atoms with Crippen LogP contribution in [0.2, 0.25) is 0 Å². The lowest BCUT2D eigenvalue weighted by Crippen LogP contribution is -2.27. The number of aromatic nitrogens is 2. The van der Waals surface area contributed by atoms with Gasteiger partial charge in [-0.05, 0) is 19.1 Å². The molecule has 2 N–H and O–H groups in total. The molecule has 0 unspecified atom stereocenters. The van der Waals surface area contributed by atoms with Crippen molar-refractivity contribution < 1.29 is 22.9 Å². The number of carbonyl (C=O) groups is 1. The molecule has 0 saturated carbocycles. The summed E-state index contributed by atoms with van der Waals surface area (Å²) in [6.07, 6.45) is 0.483. The number of rotatable bonds is 11. The Morgan fingerprint density at radius 1 is 1.29 bits per heavy atom. The number of nitro groups is 1. The van der Waals surface area contributed by atoms with Crippen molar-refractivity contribution in [3.8, 4) is 0 Å². The van der Waals surface area contributed by atoms with E-state index in [-0.39, 0.29) is 23.5 Å². The van der Waals surface area contributed by atoms with Gasteiger partial charge in [-0.3, -0.25) is 14.9 Å². The van der Waals surface area contributed by atoms with E-state index in [9.17, 15) is 23.3 Å². The SMILES string of the molecule is CCOCCc1nnc(NC(=O)CCNS(=O)(=O)c2ccc([N+](=O)[O-])cc2)s1. The number of ether oxygens (including phenoxy) is 1. The molecule has 0 atom stereocenters. The monoisotopic (exact) mass is 429 g/mol. The topological polar surface area (TPSA) is 153 Å². The fourth-order valence-corrected chi connectivity index (χ4v) is 3.79. The molecule has 2 rings (SSSR count). The van der Waals surface area contributed by atoms with Crippen molar-refractivity contribution in [3.05, 3.63) is 39.4 Å². The van der Waals surface area contributed by atoms with Gasteiger partial charge in [-0.1, -0.05) is 11.3 Å². The van der Waals surface area contributed by atoms with Crippen LogP contribution in [0.25, 0.3) is 0 Å². The molecule has 13 heteroatoms. The molecule has 1 heterocycles.